The summed E-state index contributed by atoms with van der Waals surface area (Å²) in [5.74, 6) is 1.55. The lowest BCUT2D eigenvalue weighted by atomic mass is 10.2. The molecule has 0 aliphatic carbocycles. The molecule has 0 spiro atoms. The van der Waals surface area contributed by atoms with Crippen LogP contribution < -0.4 is 15.4 Å². The van der Waals surface area contributed by atoms with Gasteiger partial charge in [-0.05, 0) is 19.1 Å². The van der Waals surface area contributed by atoms with E-state index >= 15 is 0 Å². The summed E-state index contributed by atoms with van der Waals surface area (Å²) in [4.78, 5) is 4.61. The average molecular weight is 497 g/mol. The van der Waals surface area contributed by atoms with Crippen molar-refractivity contribution in [1.82, 2.24) is 15.2 Å². The topological polar surface area (TPSA) is 50.6 Å². The third-order valence-electron chi connectivity index (χ3n) is 3.60. The summed E-state index contributed by atoms with van der Waals surface area (Å²) in [5.41, 5.74) is 2.01. The predicted octanol–water partition coefficient (Wildman–Crippen LogP) is 4.21. The molecule has 5 nitrogen and oxygen atoms in total. The van der Waals surface area contributed by atoms with Crippen LogP contribution in [0.5, 0.6) is 5.75 Å². The van der Waals surface area contributed by atoms with Crippen molar-refractivity contribution >= 4 is 53.1 Å². The lowest BCUT2D eigenvalue weighted by molar-refractivity contribution is 0.410. The standard InChI is InChI=1S/C17H22Cl2N4O.HI/c1-4-20-17(21-10-12-7-5-6-8-15(12)24-3)22-11-13-9-14(18)16(19)23(13)2;/h5-9H,4,10-11H2,1-3H3,(H2,20,21,22);1H. The Balaban J connectivity index is 0.00000312. The third kappa shape index (κ3) is 5.97. The maximum atomic E-state index is 6.09. The monoisotopic (exact) mass is 496 g/mol. The number of nitrogens with one attached hydrogen (secondary N) is 2. The van der Waals surface area contributed by atoms with Crippen LogP contribution in [0.4, 0.5) is 0 Å². The quantitative estimate of drug-likeness (QED) is 0.357. The molecule has 1 aromatic heterocycles. The molecule has 0 fully saturated rings. The van der Waals surface area contributed by atoms with Gasteiger partial charge in [-0.3, -0.25) is 0 Å². The van der Waals surface area contributed by atoms with Crippen LogP contribution in [-0.4, -0.2) is 24.2 Å². The average Bonchev–Trinajstić information content (AvgIpc) is 2.84. The van der Waals surface area contributed by atoms with Crippen molar-refractivity contribution in [2.45, 2.75) is 20.0 Å². The molecule has 138 valence electrons. The summed E-state index contributed by atoms with van der Waals surface area (Å²) in [6.45, 7) is 3.89. The van der Waals surface area contributed by atoms with E-state index in [1.807, 2.05) is 48.9 Å². The summed E-state index contributed by atoms with van der Waals surface area (Å²) in [5, 5.41) is 7.59. The van der Waals surface area contributed by atoms with Crippen LogP contribution in [0, 0.1) is 0 Å². The molecule has 25 heavy (non-hydrogen) atoms. The van der Waals surface area contributed by atoms with Crippen molar-refractivity contribution in [2.24, 2.45) is 12.0 Å². The van der Waals surface area contributed by atoms with Gasteiger partial charge in [0.15, 0.2) is 5.96 Å². The van der Waals surface area contributed by atoms with Gasteiger partial charge in [-0.15, -0.1) is 24.0 Å². The second kappa shape index (κ2) is 10.8. The first-order valence-corrected chi connectivity index (χ1v) is 8.46. The molecular formula is C17H23Cl2IN4O. The molecule has 1 aromatic carbocycles. The Morgan fingerprint density at radius 3 is 2.56 bits per heavy atom. The number of hydrogen-bond donors (Lipinski definition) is 2. The fourth-order valence-electron chi connectivity index (χ4n) is 2.27. The van der Waals surface area contributed by atoms with Crippen molar-refractivity contribution in [3.8, 4) is 5.75 Å². The Morgan fingerprint density at radius 1 is 1.24 bits per heavy atom. The zero-order valence-corrected chi connectivity index (χ0v) is 18.3. The van der Waals surface area contributed by atoms with Crippen LogP contribution in [0.3, 0.4) is 0 Å². The summed E-state index contributed by atoms with van der Waals surface area (Å²) in [6, 6.07) is 9.70. The Kier molecular flexibility index (Phi) is 9.45. The minimum atomic E-state index is 0. The largest absolute Gasteiger partial charge is 0.496 e. The van der Waals surface area contributed by atoms with Crippen LogP contribution in [0.15, 0.2) is 35.3 Å². The molecule has 2 aromatic rings. The van der Waals surface area contributed by atoms with E-state index in [0.717, 1.165) is 29.5 Å². The van der Waals surface area contributed by atoms with Gasteiger partial charge in [0.05, 0.1) is 25.2 Å². The summed E-state index contributed by atoms with van der Waals surface area (Å²) < 4.78 is 7.20. The predicted molar refractivity (Wildman–Crippen MR) is 115 cm³/mol. The SMILES string of the molecule is CCNC(=NCc1ccccc1OC)NCc1cc(Cl)c(Cl)n1C.I. The lowest BCUT2D eigenvalue weighted by Crippen LogP contribution is -2.37. The van der Waals surface area contributed by atoms with Gasteiger partial charge in [-0.2, -0.15) is 0 Å². The van der Waals surface area contributed by atoms with E-state index in [2.05, 4.69) is 15.6 Å². The highest BCUT2D eigenvalue weighted by atomic mass is 127. The molecule has 0 radical (unpaired) electrons. The molecule has 0 saturated heterocycles. The van der Waals surface area contributed by atoms with Gasteiger partial charge in [0, 0.05) is 24.8 Å². The Morgan fingerprint density at radius 2 is 1.96 bits per heavy atom. The molecule has 2 N–H and O–H groups in total. The van der Waals surface area contributed by atoms with Crippen molar-refractivity contribution in [2.75, 3.05) is 13.7 Å². The minimum absolute atomic E-state index is 0. The number of rotatable bonds is 6. The summed E-state index contributed by atoms with van der Waals surface area (Å²) >= 11 is 12.1. The van der Waals surface area contributed by atoms with Crippen molar-refractivity contribution in [3.05, 3.63) is 51.8 Å². The fourth-order valence-corrected chi connectivity index (χ4v) is 2.69. The minimum Gasteiger partial charge on any atom is -0.496 e. The number of benzene rings is 1. The second-order valence-electron chi connectivity index (χ2n) is 5.19. The second-order valence-corrected chi connectivity index (χ2v) is 5.96. The van der Waals surface area contributed by atoms with Crippen molar-refractivity contribution < 1.29 is 4.74 Å². The number of nitrogens with zero attached hydrogens (tertiary/aromatic N) is 2. The van der Waals surface area contributed by atoms with Gasteiger partial charge in [0.2, 0.25) is 0 Å². The van der Waals surface area contributed by atoms with Crippen LogP contribution in [-0.2, 0) is 20.1 Å². The van der Waals surface area contributed by atoms with Crippen LogP contribution in [0.1, 0.15) is 18.2 Å². The van der Waals surface area contributed by atoms with E-state index in [1.165, 1.54) is 0 Å². The van der Waals surface area contributed by atoms with Gasteiger partial charge >= 0.3 is 0 Å². The molecule has 0 aliphatic heterocycles. The van der Waals surface area contributed by atoms with E-state index < -0.39 is 0 Å². The molecule has 0 bridgehead atoms. The molecular weight excluding hydrogens is 474 g/mol. The van der Waals surface area contributed by atoms with Crippen LogP contribution in [0.2, 0.25) is 10.2 Å². The van der Waals surface area contributed by atoms with Gasteiger partial charge in [-0.25, -0.2) is 4.99 Å². The highest BCUT2D eigenvalue weighted by Gasteiger charge is 2.09. The van der Waals surface area contributed by atoms with Crippen molar-refractivity contribution in [1.29, 1.82) is 0 Å². The number of methoxy groups -OCH3 is 1. The van der Waals surface area contributed by atoms with Gasteiger partial charge in [0.25, 0.3) is 0 Å². The Labute approximate surface area is 175 Å². The number of aliphatic imine (C=N–C) groups is 1. The maximum absolute atomic E-state index is 6.09. The Bertz CT molecular complexity index is 719. The molecule has 1 heterocycles. The van der Waals surface area contributed by atoms with Crippen LogP contribution >= 0.6 is 47.2 Å². The van der Waals surface area contributed by atoms with E-state index in [4.69, 9.17) is 27.9 Å². The van der Waals surface area contributed by atoms with Gasteiger partial charge < -0.3 is 19.9 Å². The lowest BCUT2D eigenvalue weighted by Gasteiger charge is -2.12. The summed E-state index contributed by atoms with van der Waals surface area (Å²) in [7, 11) is 3.54. The molecule has 0 atom stereocenters. The van der Waals surface area contributed by atoms with E-state index in [0.29, 0.717) is 23.3 Å². The smallest absolute Gasteiger partial charge is 0.191 e. The van der Waals surface area contributed by atoms with E-state index in [1.54, 1.807) is 7.11 Å². The van der Waals surface area contributed by atoms with E-state index in [9.17, 15) is 0 Å². The van der Waals surface area contributed by atoms with Gasteiger partial charge in [0.1, 0.15) is 10.9 Å². The number of ether oxygens (including phenoxy) is 1. The Hall–Kier alpha value is -1.12. The zero-order valence-electron chi connectivity index (χ0n) is 14.5. The highest BCUT2D eigenvalue weighted by Crippen LogP contribution is 2.25. The first kappa shape index (κ1) is 21.9. The molecule has 2 rings (SSSR count). The molecule has 0 amide bonds. The number of hydrogen-bond acceptors (Lipinski definition) is 2. The number of para-hydroxylation sites is 1. The third-order valence-corrected chi connectivity index (χ3v) is 4.44. The first-order chi connectivity index (χ1) is 11.6. The number of guanidine groups is 1. The first-order valence-electron chi connectivity index (χ1n) is 7.70. The number of aromatic nitrogens is 1. The molecule has 0 aliphatic rings. The highest BCUT2D eigenvalue weighted by molar-refractivity contribution is 14.0. The van der Waals surface area contributed by atoms with Crippen molar-refractivity contribution in [3.63, 3.8) is 0 Å². The maximum Gasteiger partial charge on any atom is 0.191 e. The molecule has 0 unspecified atom stereocenters. The molecule has 8 heteroatoms. The fraction of sp³-hybridized carbons (Fsp3) is 0.353. The zero-order chi connectivity index (χ0) is 17.5. The normalized spacial score (nSPS) is 11.0. The van der Waals surface area contributed by atoms with E-state index in [-0.39, 0.29) is 24.0 Å². The van der Waals surface area contributed by atoms with Gasteiger partial charge in [-0.1, -0.05) is 41.4 Å². The van der Waals surface area contributed by atoms with Crippen LogP contribution in [0.25, 0.3) is 0 Å². The number of halogens is 3. The summed E-state index contributed by atoms with van der Waals surface area (Å²) in [6.07, 6.45) is 0. The molecule has 0 saturated carbocycles.